The summed E-state index contributed by atoms with van der Waals surface area (Å²) in [6.07, 6.45) is 5.45. The average molecular weight is 287 g/mol. The Labute approximate surface area is 129 Å². The molecule has 1 heterocycles. The van der Waals surface area contributed by atoms with Gasteiger partial charge in [0.1, 0.15) is 0 Å². The van der Waals surface area contributed by atoms with Gasteiger partial charge in [-0.15, -0.1) is 0 Å². The highest BCUT2D eigenvalue weighted by Crippen LogP contribution is 2.35. The molecule has 2 atom stereocenters. The van der Waals surface area contributed by atoms with Crippen LogP contribution in [0.25, 0.3) is 0 Å². The SMILES string of the molecule is CC(c1ccc(N(C)C)cc1)N(CC1CCCN1)C1CC1. The summed E-state index contributed by atoms with van der Waals surface area (Å²) in [5.74, 6) is 0. The van der Waals surface area contributed by atoms with Crippen LogP contribution in [0.5, 0.6) is 0 Å². The lowest BCUT2D eigenvalue weighted by Gasteiger charge is -2.32. The van der Waals surface area contributed by atoms with Crippen molar-refractivity contribution >= 4 is 5.69 Å². The molecule has 1 N–H and O–H groups in total. The van der Waals surface area contributed by atoms with Gasteiger partial charge in [0.25, 0.3) is 0 Å². The van der Waals surface area contributed by atoms with Crippen molar-refractivity contribution in [1.29, 1.82) is 0 Å². The Hall–Kier alpha value is -1.06. The zero-order valence-corrected chi connectivity index (χ0v) is 13.7. The van der Waals surface area contributed by atoms with Crippen molar-refractivity contribution in [3.05, 3.63) is 29.8 Å². The van der Waals surface area contributed by atoms with Crippen molar-refractivity contribution < 1.29 is 0 Å². The second-order valence-electron chi connectivity index (χ2n) is 6.88. The molecule has 0 bridgehead atoms. The van der Waals surface area contributed by atoms with Gasteiger partial charge in [-0.3, -0.25) is 4.90 Å². The molecule has 2 unspecified atom stereocenters. The van der Waals surface area contributed by atoms with E-state index in [0.29, 0.717) is 12.1 Å². The van der Waals surface area contributed by atoms with Gasteiger partial charge in [-0.25, -0.2) is 0 Å². The summed E-state index contributed by atoms with van der Waals surface area (Å²) >= 11 is 0. The maximum Gasteiger partial charge on any atom is 0.0361 e. The van der Waals surface area contributed by atoms with E-state index in [1.165, 1.54) is 50.0 Å². The van der Waals surface area contributed by atoms with Crippen LogP contribution in [-0.4, -0.2) is 44.2 Å². The summed E-state index contributed by atoms with van der Waals surface area (Å²) in [7, 11) is 4.20. The van der Waals surface area contributed by atoms with Gasteiger partial charge in [-0.2, -0.15) is 0 Å². The molecule has 0 amide bonds. The fourth-order valence-electron chi connectivity index (χ4n) is 3.44. The number of nitrogens with one attached hydrogen (secondary N) is 1. The number of anilines is 1. The number of hydrogen-bond acceptors (Lipinski definition) is 3. The van der Waals surface area contributed by atoms with E-state index in [1.807, 2.05) is 0 Å². The molecular formula is C18H29N3. The molecule has 2 fully saturated rings. The molecule has 1 aliphatic heterocycles. The average Bonchev–Trinajstić information content (AvgIpc) is 3.20. The van der Waals surface area contributed by atoms with E-state index in [1.54, 1.807) is 0 Å². The lowest BCUT2D eigenvalue weighted by Crippen LogP contribution is -2.40. The predicted octanol–water partition coefficient (Wildman–Crippen LogP) is 3.03. The smallest absolute Gasteiger partial charge is 0.0361 e. The van der Waals surface area contributed by atoms with Gasteiger partial charge in [0.2, 0.25) is 0 Å². The fraction of sp³-hybridized carbons (Fsp3) is 0.667. The second kappa shape index (κ2) is 6.37. The quantitative estimate of drug-likeness (QED) is 0.867. The van der Waals surface area contributed by atoms with E-state index in [2.05, 4.69) is 60.4 Å². The van der Waals surface area contributed by atoms with E-state index in [-0.39, 0.29) is 0 Å². The van der Waals surface area contributed by atoms with E-state index in [0.717, 1.165) is 6.04 Å². The zero-order chi connectivity index (χ0) is 14.8. The van der Waals surface area contributed by atoms with Crippen LogP contribution in [0.3, 0.4) is 0 Å². The van der Waals surface area contributed by atoms with Crippen molar-refractivity contribution in [2.24, 2.45) is 0 Å². The highest BCUT2D eigenvalue weighted by Gasteiger charge is 2.34. The lowest BCUT2D eigenvalue weighted by molar-refractivity contribution is 0.182. The summed E-state index contributed by atoms with van der Waals surface area (Å²) in [6.45, 7) is 4.79. The molecule has 116 valence electrons. The Balaban J connectivity index is 1.69. The third kappa shape index (κ3) is 3.58. The summed E-state index contributed by atoms with van der Waals surface area (Å²) in [5.41, 5.74) is 2.73. The molecule has 0 aromatic heterocycles. The van der Waals surface area contributed by atoms with Crippen molar-refractivity contribution in [2.75, 3.05) is 32.1 Å². The van der Waals surface area contributed by atoms with E-state index in [4.69, 9.17) is 0 Å². The van der Waals surface area contributed by atoms with Crippen LogP contribution in [0.15, 0.2) is 24.3 Å². The monoisotopic (exact) mass is 287 g/mol. The molecule has 1 saturated carbocycles. The molecule has 3 heteroatoms. The fourth-order valence-corrected chi connectivity index (χ4v) is 3.44. The molecular weight excluding hydrogens is 258 g/mol. The number of hydrogen-bond donors (Lipinski definition) is 1. The summed E-state index contributed by atoms with van der Waals surface area (Å²) in [6, 6.07) is 11.1. The van der Waals surface area contributed by atoms with Crippen molar-refractivity contribution in [3.63, 3.8) is 0 Å². The normalized spacial score (nSPS) is 23.5. The molecule has 3 rings (SSSR count). The maximum absolute atomic E-state index is 3.65. The Morgan fingerprint density at radius 1 is 1.14 bits per heavy atom. The number of nitrogens with zero attached hydrogens (tertiary/aromatic N) is 2. The zero-order valence-electron chi connectivity index (χ0n) is 13.7. The first-order valence-corrected chi connectivity index (χ1v) is 8.41. The first kappa shape index (κ1) is 14.9. The first-order chi connectivity index (χ1) is 10.1. The maximum atomic E-state index is 3.65. The lowest BCUT2D eigenvalue weighted by atomic mass is 10.0. The van der Waals surface area contributed by atoms with Gasteiger partial charge in [-0.1, -0.05) is 12.1 Å². The minimum atomic E-state index is 0.524. The second-order valence-corrected chi connectivity index (χ2v) is 6.88. The minimum absolute atomic E-state index is 0.524. The Kier molecular flexibility index (Phi) is 4.51. The van der Waals surface area contributed by atoms with Gasteiger partial charge in [0, 0.05) is 44.5 Å². The molecule has 21 heavy (non-hydrogen) atoms. The van der Waals surface area contributed by atoms with Crippen LogP contribution in [-0.2, 0) is 0 Å². The largest absolute Gasteiger partial charge is 0.378 e. The van der Waals surface area contributed by atoms with Crippen LogP contribution < -0.4 is 10.2 Å². The van der Waals surface area contributed by atoms with Gasteiger partial charge >= 0.3 is 0 Å². The van der Waals surface area contributed by atoms with E-state index >= 15 is 0 Å². The molecule has 1 aromatic rings. The van der Waals surface area contributed by atoms with Crippen molar-refractivity contribution in [2.45, 2.75) is 50.7 Å². The molecule has 0 spiro atoms. The Morgan fingerprint density at radius 2 is 1.86 bits per heavy atom. The van der Waals surface area contributed by atoms with Crippen LogP contribution in [0.4, 0.5) is 5.69 Å². The minimum Gasteiger partial charge on any atom is -0.378 e. The molecule has 2 aliphatic rings. The summed E-state index contributed by atoms with van der Waals surface area (Å²) in [4.78, 5) is 4.89. The molecule has 0 radical (unpaired) electrons. The summed E-state index contributed by atoms with van der Waals surface area (Å²) in [5, 5.41) is 3.65. The van der Waals surface area contributed by atoms with Crippen LogP contribution in [0.1, 0.15) is 44.2 Å². The van der Waals surface area contributed by atoms with Gasteiger partial charge < -0.3 is 10.2 Å². The standard InChI is InChI=1S/C18H29N3/c1-14(15-6-8-17(9-7-15)20(2)3)21(18-10-11-18)13-16-5-4-12-19-16/h6-9,14,16,18-19H,4-5,10-13H2,1-3H3. The number of benzene rings is 1. The van der Waals surface area contributed by atoms with Crippen LogP contribution in [0, 0.1) is 0 Å². The van der Waals surface area contributed by atoms with E-state index in [9.17, 15) is 0 Å². The molecule has 3 nitrogen and oxygen atoms in total. The van der Waals surface area contributed by atoms with Crippen LogP contribution >= 0.6 is 0 Å². The third-order valence-corrected chi connectivity index (χ3v) is 5.00. The highest BCUT2D eigenvalue weighted by atomic mass is 15.2. The molecule has 1 aromatic carbocycles. The Bertz CT molecular complexity index is 444. The molecule has 1 saturated heterocycles. The van der Waals surface area contributed by atoms with E-state index < -0.39 is 0 Å². The van der Waals surface area contributed by atoms with Gasteiger partial charge in [0.05, 0.1) is 0 Å². The topological polar surface area (TPSA) is 18.5 Å². The van der Waals surface area contributed by atoms with Crippen LogP contribution in [0.2, 0.25) is 0 Å². The van der Waals surface area contributed by atoms with Gasteiger partial charge in [-0.05, 0) is 56.8 Å². The predicted molar refractivity (Wildman–Crippen MR) is 89.9 cm³/mol. The Morgan fingerprint density at radius 3 is 2.38 bits per heavy atom. The number of rotatable bonds is 6. The van der Waals surface area contributed by atoms with Crippen molar-refractivity contribution in [3.8, 4) is 0 Å². The van der Waals surface area contributed by atoms with Crippen molar-refractivity contribution in [1.82, 2.24) is 10.2 Å². The highest BCUT2D eigenvalue weighted by molar-refractivity contribution is 5.46. The third-order valence-electron chi connectivity index (χ3n) is 5.00. The first-order valence-electron chi connectivity index (χ1n) is 8.41. The molecule has 1 aliphatic carbocycles. The summed E-state index contributed by atoms with van der Waals surface area (Å²) < 4.78 is 0. The van der Waals surface area contributed by atoms with Gasteiger partial charge in [0.15, 0.2) is 0 Å².